The van der Waals surface area contributed by atoms with Crippen LogP contribution >= 0.6 is 11.6 Å². The molecule has 2 aliphatic heterocycles. The fourth-order valence-electron chi connectivity index (χ4n) is 5.00. The van der Waals surface area contributed by atoms with E-state index >= 15 is 0 Å². The van der Waals surface area contributed by atoms with Gasteiger partial charge in [-0.25, -0.2) is 13.6 Å². The molecule has 7 nitrogen and oxygen atoms in total. The summed E-state index contributed by atoms with van der Waals surface area (Å²) >= 11 is 5.66. The maximum atomic E-state index is 14.4. The lowest BCUT2D eigenvalue weighted by Gasteiger charge is -2.36. The number of hydrogen-bond donors (Lipinski definition) is 1. The second-order valence-corrected chi connectivity index (χ2v) is 10.0. The van der Waals surface area contributed by atoms with E-state index in [0.29, 0.717) is 25.7 Å². The number of amides is 1. The molecular weight excluding hydrogens is 556 g/mol. The topological polar surface area (TPSA) is 83.1 Å². The van der Waals surface area contributed by atoms with Gasteiger partial charge in [0.05, 0.1) is 36.5 Å². The summed E-state index contributed by atoms with van der Waals surface area (Å²) in [5.74, 6) is -1.49. The Kier molecular flexibility index (Phi) is 9.17. The Labute approximate surface area is 241 Å². The monoisotopic (exact) mass is 583 g/mol. The van der Waals surface area contributed by atoms with Crippen molar-refractivity contribution in [3.05, 3.63) is 94.0 Å². The van der Waals surface area contributed by atoms with E-state index in [0.717, 1.165) is 37.8 Å². The highest BCUT2D eigenvalue weighted by atomic mass is 35.5. The largest absolute Gasteiger partial charge is 0.456 e. The summed E-state index contributed by atoms with van der Waals surface area (Å²) in [5.41, 5.74) is -0.744. The maximum absolute atomic E-state index is 14.4. The van der Waals surface area contributed by atoms with Crippen molar-refractivity contribution in [1.82, 2.24) is 5.32 Å². The Morgan fingerprint density at radius 1 is 0.878 bits per heavy atom. The summed E-state index contributed by atoms with van der Waals surface area (Å²) in [7, 11) is 0. The van der Waals surface area contributed by atoms with E-state index in [1.54, 1.807) is 0 Å². The smallest absolute Gasteiger partial charge is 0.340 e. The zero-order chi connectivity index (χ0) is 28.8. The van der Waals surface area contributed by atoms with E-state index < -0.39 is 29.1 Å². The number of hydrogen-bond acceptors (Lipinski definition) is 6. The first-order valence-corrected chi connectivity index (χ1v) is 14.0. The number of halogens is 3. The van der Waals surface area contributed by atoms with Crippen LogP contribution in [-0.4, -0.2) is 50.7 Å². The third-order valence-corrected chi connectivity index (χ3v) is 7.20. The molecule has 2 aliphatic rings. The third-order valence-electron chi connectivity index (χ3n) is 6.94. The molecule has 0 saturated carbocycles. The Morgan fingerprint density at radius 2 is 1.54 bits per heavy atom. The van der Waals surface area contributed by atoms with Gasteiger partial charge in [0, 0.05) is 42.3 Å². The lowest BCUT2D eigenvalue weighted by atomic mass is 9.77. The predicted molar refractivity (Wildman–Crippen MR) is 145 cm³/mol. The number of nitrogens with one attached hydrogen (secondary N) is 1. The van der Waals surface area contributed by atoms with Gasteiger partial charge in [-0.3, -0.25) is 4.79 Å². The SMILES string of the molecule is O=C(NCCOCCOCCCCCCCl)c1ccc2c(c1)C1(OC2=O)c2cc(F)[c]cc2Oc2c[c]c(F)cc21. The van der Waals surface area contributed by atoms with Crippen molar-refractivity contribution in [3.8, 4) is 11.5 Å². The van der Waals surface area contributed by atoms with Crippen LogP contribution in [0.3, 0.4) is 0 Å². The van der Waals surface area contributed by atoms with E-state index in [9.17, 15) is 18.4 Å². The minimum Gasteiger partial charge on any atom is -0.456 e. The summed E-state index contributed by atoms with van der Waals surface area (Å²) < 4.78 is 51.6. The molecule has 1 N–H and O–H groups in total. The predicted octanol–water partition coefficient (Wildman–Crippen LogP) is 5.70. The molecule has 0 fully saturated rings. The van der Waals surface area contributed by atoms with Crippen molar-refractivity contribution in [2.75, 3.05) is 38.9 Å². The highest BCUT2D eigenvalue weighted by Gasteiger charge is 2.54. The fraction of sp³-hybridized carbons (Fsp3) is 0.355. The first kappa shape index (κ1) is 29.0. The van der Waals surface area contributed by atoms with Crippen molar-refractivity contribution >= 4 is 23.5 Å². The van der Waals surface area contributed by atoms with Gasteiger partial charge in [0.25, 0.3) is 5.91 Å². The molecule has 1 spiro atoms. The van der Waals surface area contributed by atoms with Crippen LogP contribution in [0.2, 0.25) is 0 Å². The number of ether oxygens (including phenoxy) is 4. The fourth-order valence-corrected chi connectivity index (χ4v) is 5.19. The molecule has 3 aromatic carbocycles. The summed E-state index contributed by atoms with van der Waals surface area (Å²) in [6, 6.07) is 14.1. The van der Waals surface area contributed by atoms with Crippen molar-refractivity contribution in [2.24, 2.45) is 0 Å². The van der Waals surface area contributed by atoms with Gasteiger partial charge in [-0.1, -0.05) is 12.8 Å². The van der Waals surface area contributed by atoms with Gasteiger partial charge in [-0.05, 0) is 55.3 Å². The number of carbonyl (C=O) groups is 2. The summed E-state index contributed by atoms with van der Waals surface area (Å²) in [4.78, 5) is 26.0. The van der Waals surface area contributed by atoms with E-state index in [1.165, 1.54) is 30.3 Å². The summed E-state index contributed by atoms with van der Waals surface area (Å²) in [5, 5.41) is 2.78. The van der Waals surface area contributed by atoms with Crippen LogP contribution in [0.5, 0.6) is 11.5 Å². The Hall–Kier alpha value is -3.53. The molecule has 3 aromatic rings. The van der Waals surface area contributed by atoms with Crippen molar-refractivity contribution in [2.45, 2.75) is 31.3 Å². The number of unbranched alkanes of at least 4 members (excludes halogenated alkanes) is 3. The molecule has 10 heteroatoms. The maximum Gasteiger partial charge on any atom is 0.340 e. The van der Waals surface area contributed by atoms with Crippen LogP contribution in [0.1, 0.15) is 63.1 Å². The zero-order valence-electron chi connectivity index (χ0n) is 22.2. The first-order valence-electron chi connectivity index (χ1n) is 13.4. The summed E-state index contributed by atoms with van der Waals surface area (Å²) in [6.45, 7) is 2.07. The van der Waals surface area contributed by atoms with Gasteiger partial charge in [0.2, 0.25) is 0 Å². The third kappa shape index (κ3) is 6.07. The van der Waals surface area contributed by atoms with Crippen LogP contribution in [-0.2, 0) is 19.8 Å². The lowest BCUT2D eigenvalue weighted by Crippen LogP contribution is -2.34. The van der Waals surface area contributed by atoms with Crippen molar-refractivity contribution in [3.63, 3.8) is 0 Å². The number of carbonyl (C=O) groups excluding carboxylic acids is 2. The van der Waals surface area contributed by atoms with Gasteiger partial charge in [0.15, 0.2) is 5.60 Å². The van der Waals surface area contributed by atoms with Crippen molar-refractivity contribution < 1.29 is 37.3 Å². The highest BCUT2D eigenvalue weighted by molar-refractivity contribution is 6.17. The molecule has 0 aromatic heterocycles. The minimum absolute atomic E-state index is 0.155. The van der Waals surface area contributed by atoms with Gasteiger partial charge in [0.1, 0.15) is 23.1 Å². The number of benzene rings is 3. The molecule has 1 amide bonds. The molecule has 0 aliphatic carbocycles. The van der Waals surface area contributed by atoms with Crippen LogP contribution in [0, 0.1) is 23.8 Å². The van der Waals surface area contributed by atoms with Crippen LogP contribution < -0.4 is 10.1 Å². The molecule has 0 unspecified atom stereocenters. The van der Waals surface area contributed by atoms with E-state index in [4.69, 9.17) is 30.5 Å². The van der Waals surface area contributed by atoms with E-state index in [-0.39, 0.29) is 52.5 Å². The molecule has 0 bridgehead atoms. The van der Waals surface area contributed by atoms with Gasteiger partial charge in [-0.2, -0.15) is 0 Å². The number of esters is 1. The molecule has 2 radical (unpaired) electrons. The minimum atomic E-state index is -1.73. The van der Waals surface area contributed by atoms with E-state index in [2.05, 4.69) is 17.4 Å². The Bertz CT molecular complexity index is 1380. The average Bonchev–Trinajstić information content (AvgIpc) is 3.26. The highest BCUT2D eigenvalue weighted by Crippen LogP contribution is 2.56. The molecule has 41 heavy (non-hydrogen) atoms. The zero-order valence-corrected chi connectivity index (χ0v) is 23.0. The van der Waals surface area contributed by atoms with Crippen LogP contribution in [0.15, 0.2) is 42.5 Å². The number of fused-ring (bicyclic) bond motifs is 6. The molecule has 5 rings (SSSR count). The second kappa shape index (κ2) is 13.0. The van der Waals surface area contributed by atoms with Crippen LogP contribution in [0.25, 0.3) is 0 Å². The van der Waals surface area contributed by atoms with E-state index in [1.807, 2.05) is 0 Å². The number of rotatable bonds is 13. The Morgan fingerprint density at radius 3 is 2.22 bits per heavy atom. The summed E-state index contributed by atoms with van der Waals surface area (Å²) in [6.07, 6.45) is 4.18. The van der Waals surface area contributed by atoms with Gasteiger partial charge < -0.3 is 24.3 Å². The molecule has 214 valence electrons. The molecule has 0 saturated heterocycles. The van der Waals surface area contributed by atoms with Gasteiger partial charge >= 0.3 is 5.97 Å². The van der Waals surface area contributed by atoms with Crippen molar-refractivity contribution in [1.29, 1.82) is 0 Å². The second-order valence-electron chi connectivity index (χ2n) is 9.63. The normalized spacial score (nSPS) is 14.2. The average molecular weight is 584 g/mol. The quantitative estimate of drug-likeness (QED) is 0.158. The lowest BCUT2D eigenvalue weighted by molar-refractivity contribution is 0.0222. The standard InChI is InChI=1S/C31H28ClF2NO6/c32-11-3-1-2-4-13-38-15-16-39-14-12-35-29(36)20-5-8-23-24(17-20)31(41-30(23)37)25-18-21(33)6-9-27(25)40-28-10-7-22(34)19-26(28)31/h5,8-10,17-19H,1-4,11-16H2,(H,35,36). The molecular formula is C31H28ClF2NO6. The Balaban J connectivity index is 1.26. The molecule has 2 heterocycles. The molecule has 0 atom stereocenters. The number of alkyl halides is 1. The first-order chi connectivity index (χ1) is 19.9. The van der Waals surface area contributed by atoms with Gasteiger partial charge in [-0.15, -0.1) is 11.6 Å². The van der Waals surface area contributed by atoms with Crippen LogP contribution in [0.4, 0.5) is 8.78 Å².